The van der Waals surface area contributed by atoms with Gasteiger partial charge in [-0.25, -0.2) is 13.1 Å². The zero-order valence-electron chi connectivity index (χ0n) is 15.2. The van der Waals surface area contributed by atoms with Crippen LogP contribution in [0.3, 0.4) is 0 Å². The van der Waals surface area contributed by atoms with E-state index < -0.39 is 10.0 Å². The fraction of sp³-hybridized carbons (Fsp3) is 0.611. The van der Waals surface area contributed by atoms with Gasteiger partial charge in [-0.2, -0.15) is 0 Å². The molecule has 0 unspecified atom stereocenters. The third-order valence-corrected chi connectivity index (χ3v) is 6.31. The summed E-state index contributed by atoms with van der Waals surface area (Å²) in [5.74, 6) is 0.901. The summed E-state index contributed by atoms with van der Waals surface area (Å²) in [6.07, 6.45) is 3.04. The molecule has 6 nitrogen and oxygen atoms in total. The second kappa shape index (κ2) is 6.96. The van der Waals surface area contributed by atoms with Crippen molar-refractivity contribution in [2.24, 2.45) is 10.4 Å². The lowest BCUT2D eigenvalue weighted by atomic mass is 9.93. The highest BCUT2D eigenvalue weighted by Crippen LogP contribution is 2.28. The molecule has 2 N–H and O–H groups in total. The highest BCUT2D eigenvalue weighted by molar-refractivity contribution is 7.89. The van der Waals surface area contributed by atoms with Gasteiger partial charge in [-0.3, -0.25) is 4.99 Å². The standard InChI is InChI=1S/C18H28N4O2S/c1-18(2)10-11-22(13-18)17(19-3)20-12-14-4-8-16(9-5-14)25(23,24)21-15-6-7-15/h4-5,8-9,15,21H,6-7,10-13H2,1-3H3,(H,19,20). The Morgan fingerprint density at radius 2 is 1.96 bits per heavy atom. The smallest absolute Gasteiger partial charge is 0.240 e. The molecule has 1 aromatic carbocycles. The number of sulfonamides is 1. The molecule has 1 aromatic rings. The minimum atomic E-state index is -3.38. The van der Waals surface area contributed by atoms with Gasteiger partial charge in [0.1, 0.15) is 0 Å². The molecule has 25 heavy (non-hydrogen) atoms. The van der Waals surface area contributed by atoms with Gasteiger partial charge in [0.2, 0.25) is 10.0 Å². The SMILES string of the molecule is CN=C(NCc1ccc(S(=O)(=O)NC2CC2)cc1)N1CCC(C)(C)C1. The van der Waals surface area contributed by atoms with Gasteiger partial charge in [0.25, 0.3) is 0 Å². The van der Waals surface area contributed by atoms with Gasteiger partial charge in [-0.1, -0.05) is 26.0 Å². The van der Waals surface area contributed by atoms with Gasteiger partial charge in [0.15, 0.2) is 5.96 Å². The largest absolute Gasteiger partial charge is 0.352 e. The lowest BCUT2D eigenvalue weighted by Crippen LogP contribution is -2.40. The van der Waals surface area contributed by atoms with Crippen LogP contribution >= 0.6 is 0 Å². The molecule has 0 atom stereocenters. The van der Waals surface area contributed by atoms with Crippen molar-refractivity contribution in [1.82, 2.24) is 14.9 Å². The summed E-state index contributed by atoms with van der Waals surface area (Å²) in [5.41, 5.74) is 1.35. The molecule has 0 bridgehead atoms. The third-order valence-electron chi connectivity index (χ3n) is 4.77. The van der Waals surface area contributed by atoms with Crippen molar-refractivity contribution in [2.75, 3.05) is 20.1 Å². The van der Waals surface area contributed by atoms with Gasteiger partial charge < -0.3 is 10.2 Å². The van der Waals surface area contributed by atoms with Crippen LogP contribution < -0.4 is 10.0 Å². The van der Waals surface area contributed by atoms with Crippen LogP contribution in [-0.4, -0.2) is 45.5 Å². The van der Waals surface area contributed by atoms with Crippen LogP contribution in [0, 0.1) is 5.41 Å². The summed E-state index contributed by atoms with van der Waals surface area (Å²) >= 11 is 0. The zero-order chi connectivity index (χ0) is 18.1. The summed E-state index contributed by atoms with van der Waals surface area (Å²) in [4.78, 5) is 6.98. The second-order valence-corrected chi connectivity index (χ2v) is 9.49. The lowest BCUT2D eigenvalue weighted by Gasteiger charge is -2.23. The van der Waals surface area contributed by atoms with Crippen molar-refractivity contribution in [3.8, 4) is 0 Å². The number of likely N-dealkylation sites (tertiary alicyclic amines) is 1. The minimum absolute atomic E-state index is 0.124. The molecule has 1 saturated heterocycles. The van der Waals surface area contributed by atoms with E-state index in [1.54, 1.807) is 19.2 Å². The normalized spacial score (nSPS) is 20.8. The van der Waals surface area contributed by atoms with Gasteiger partial charge in [0, 0.05) is 32.7 Å². The fourth-order valence-corrected chi connectivity index (χ4v) is 4.39. The number of nitrogens with one attached hydrogen (secondary N) is 2. The van der Waals surface area contributed by atoms with Crippen molar-refractivity contribution in [3.05, 3.63) is 29.8 Å². The Morgan fingerprint density at radius 1 is 1.28 bits per heavy atom. The highest BCUT2D eigenvalue weighted by Gasteiger charge is 2.31. The molecule has 0 aromatic heterocycles. The summed E-state index contributed by atoms with van der Waals surface area (Å²) in [6.45, 7) is 7.18. The van der Waals surface area contributed by atoms with E-state index in [9.17, 15) is 8.42 Å². The molecule has 1 aliphatic carbocycles. The second-order valence-electron chi connectivity index (χ2n) is 7.78. The Bertz CT molecular complexity index is 737. The van der Waals surface area contributed by atoms with E-state index in [-0.39, 0.29) is 6.04 Å². The van der Waals surface area contributed by atoms with Crippen molar-refractivity contribution in [1.29, 1.82) is 0 Å². The van der Waals surface area contributed by atoms with Crippen LogP contribution in [0.5, 0.6) is 0 Å². The quantitative estimate of drug-likeness (QED) is 0.618. The summed E-state index contributed by atoms with van der Waals surface area (Å²) in [5, 5.41) is 3.38. The Morgan fingerprint density at radius 3 is 2.48 bits per heavy atom. The van der Waals surface area contributed by atoms with E-state index >= 15 is 0 Å². The molecule has 0 radical (unpaired) electrons. The lowest BCUT2D eigenvalue weighted by molar-refractivity contribution is 0.370. The molecular formula is C18H28N4O2S. The van der Waals surface area contributed by atoms with Crippen molar-refractivity contribution in [2.45, 2.75) is 50.6 Å². The topological polar surface area (TPSA) is 73.8 Å². The third kappa shape index (κ3) is 4.73. The molecule has 2 fully saturated rings. The Balaban J connectivity index is 1.58. The van der Waals surface area contributed by atoms with E-state index in [4.69, 9.17) is 0 Å². The van der Waals surface area contributed by atoms with E-state index in [1.807, 2.05) is 12.1 Å². The van der Waals surface area contributed by atoms with E-state index in [0.29, 0.717) is 16.9 Å². The average Bonchev–Trinajstić information content (AvgIpc) is 3.29. The molecule has 0 spiro atoms. The molecule has 2 aliphatic rings. The zero-order valence-corrected chi connectivity index (χ0v) is 16.1. The van der Waals surface area contributed by atoms with Gasteiger partial charge in [-0.05, 0) is 42.4 Å². The molecule has 1 aliphatic heterocycles. The number of rotatable bonds is 5. The first kappa shape index (κ1) is 18.2. The predicted octanol–water partition coefficient (Wildman–Crippen LogP) is 1.93. The molecule has 7 heteroatoms. The van der Waals surface area contributed by atoms with Crippen LogP contribution in [0.15, 0.2) is 34.2 Å². The van der Waals surface area contributed by atoms with Crippen LogP contribution in [0.25, 0.3) is 0 Å². The first-order valence-corrected chi connectivity index (χ1v) is 10.3. The number of hydrogen-bond acceptors (Lipinski definition) is 3. The van der Waals surface area contributed by atoms with Gasteiger partial charge >= 0.3 is 0 Å². The molecule has 1 heterocycles. The Hall–Kier alpha value is -1.60. The molecule has 138 valence electrons. The summed E-state index contributed by atoms with van der Waals surface area (Å²) in [7, 11) is -1.58. The van der Waals surface area contributed by atoms with E-state index in [2.05, 4.69) is 33.8 Å². The van der Waals surface area contributed by atoms with Crippen molar-refractivity contribution in [3.63, 3.8) is 0 Å². The highest BCUT2D eigenvalue weighted by atomic mass is 32.2. The van der Waals surface area contributed by atoms with E-state index in [0.717, 1.165) is 43.9 Å². The van der Waals surface area contributed by atoms with Crippen LogP contribution in [0.1, 0.15) is 38.7 Å². The minimum Gasteiger partial charge on any atom is -0.352 e. The van der Waals surface area contributed by atoms with E-state index in [1.165, 1.54) is 0 Å². The maximum absolute atomic E-state index is 12.2. The Labute approximate surface area is 150 Å². The first-order chi connectivity index (χ1) is 11.8. The number of hydrogen-bond donors (Lipinski definition) is 2. The van der Waals surface area contributed by atoms with Crippen LogP contribution in [0.4, 0.5) is 0 Å². The number of aliphatic imine (C=N–C) groups is 1. The van der Waals surface area contributed by atoms with Crippen molar-refractivity contribution < 1.29 is 8.42 Å². The molecule has 1 saturated carbocycles. The molecule has 0 amide bonds. The maximum atomic E-state index is 12.2. The predicted molar refractivity (Wildman–Crippen MR) is 100.0 cm³/mol. The summed E-state index contributed by atoms with van der Waals surface area (Å²) in [6, 6.07) is 7.18. The average molecular weight is 365 g/mol. The molecule has 3 rings (SSSR count). The monoisotopic (exact) mass is 364 g/mol. The number of guanidine groups is 1. The first-order valence-electron chi connectivity index (χ1n) is 8.86. The van der Waals surface area contributed by atoms with Crippen LogP contribution in [0.2, 0.25) is 0 Å². The molecular weight excluding hydrogens is 336 g/mol. The van der Waals surface area contributed by atoms with Gasteiger partial charge in [0.05, 0.1) is 4.90 Å². The number of benzene rings is 1. The maximum Gasteiger partial charge on any atom is 0.240 e. The van der Waals surface area contributed by atoms with Crippen LogP contribution in [-0.2, 0) is 16.6 Å². The number of nitrogens with zero attached hydrogens (tertiary/aromatic N) is 2. The van der Waals surface area contributed by atoms with Crippen molar-refractivity contribution >= 4 is 16.0 Å². The summed E-state index contributed by atoms with van der Waals surface area (Å²) < 4.78 is 27.1. The fourth-order valence-electron chi connectivity index (χ4n) is 3.08. The Kier molecular flexibility index (Phi) is 5.06. The van der Waals surface area contributed by atoms with Gasteiger partial charge in [-0.15, -0.1) is 0 Å².